The summed E-state index contributed by atoms with van der Waals surface area (Å²) in [5, 5.41) is 11.6. The molecule has 8 nitrogen and oxygen atoms in total. The lowest BCUT2D eigenvalue weighted by molar-refractivity contribution is -0.132. The molecule has 1 atom stereocenters. The first-order valence-electron chi connectivity index (χ1n) is 11.9. The van der Waals surface area contributed by atoms with Gasteiger partial charge in [0.25, 0.3) is 5.78 Å². The van der Waals surface area contributed by atoms with Gasteiger partial charge in [0.05, 0.1) is 35.5 Å². The van der Waals surface area contributed by atoms with Crippen molar-refractivity contribution in [3.63, 3.8) is 0 Å². The molecule has 0 spiro atoms. The fraction of sp³-hybridized carbons (Fsp3) is 0.214. The van der Waals surface area contributed by atoms with Gasteiger partial charge in [-0.3, -0.25) is 19.5 Å². The average Bonchev–Trinajstić information content (AvgIpc) is 3.46. The third kappa shape index (κ3) is 4.65. The molecule has 1 fully saturated rings. The molecule has 1 aliphatic heterocycles. The summed E-state index contributed by atoms with van der Waals surface area (Å²) in [6, 6.07) is 15.0. The molecular formula is C28H25N3O5S. The number of aliphatic hydroxyl groups is 1. The predicted octanol–water partition coefficient (Wildman–Crippen LogP) is 5.51. The highest BCUT2D eigenvalue weighted by Crippen LogP contribution is 2.45. The Labute approximate surface area is 217 Å². The van der Waals surface area contributed by atoms with E-state index >= 15 is 0 Å². The van der Waals surface area contributed by atoms with Gasteiger partial charge in [-0.15, -0.1) is 0 Å². The normalized spacial score (nSPS) is 16.9. The molecule has 9 heteroatoms. The Balaban J connectivity index is 1.67. The van der Waals surface area contributed by atoms with Crippen molar-refractivity contribution in [2.75, 3.05) is 18.6 Å². The van der Waals surface area contributed by atoms with E-state index in [1.807, 2.05) is 24.3 Å². The molecule has 0 saturated carbocycles. The first-order valence-corrected chi connectivity index (χ1v) is 12.7. The number of methoxy groups -OCH3 is 1. The van der Waals surface area contributed by atoms with Crippen molar-refractivity contribution >= 4 is 44.1 Å². The van der Waals surface area contributed by atoms with Crippen LogP contribution in [-0.4, -0.2) is 40.5 Å². The lowest BCUT2D eigenvalue weighted by atomic mass is 9.95. The van der Waals surface area contributed by atoms with Crippen molar-refractivity contribution < 1.29 is 24.2 Å². The zero-order chi connectivity index (χ0) is 25.9. The minimum Gasteiger partial charge on any atom is -0.507 e. The number of aromatic nitrogens is 2. The van der Waals surface area contributed by atoms with Crippen LogP contribution >= 0.6 is 11.3 Å². The minimum atomic E-state index is -0.898. The molecule has 1 amide bonds. The molecule has 2 aromatic carbocycles. The SMILES string of the molecule is CCCCOc1cccc(C2/C(=C(\O)c3ccncc3)C(=O)C(=O)N2c2nc3ccc(OC)cc3s2)c1. The van der Waals surface area contributed by atoms with Crippen molar-refractivity contribution in [3.8, 4) is 11.5 Å². The van der Waals surface area contributed by atoms with E-state index in [1.165, 1.54) is 28.6 Å². The summed E-state index contributed by atoms with van der Waals surface area (Å²) in [7, 11) is 1.58. The van der Waals surface area contributed by atoms with Crippen molar-refractivity contribution in [1.82, 2.24) is 9.97 Å². The summed E-state index contributed by atoms with van der Waals surface area (Å²) >= 11 is 1.28. The topological polar surface area (TPSA) is 102 Å². The van der Waals surface area contributed by atoms with Crippen LogP contribution < -0.4 is 14.4 Å². The number of carbonyl (C=O) groups excluding carboxylic acids is 2. The van der Waals surface area contributed by atoms with Gasteiger partial charge in [-0.25, -0.2) is 4.98 Å². The van der Waals surface area contributed by atoms with Gasteiger partial charge in [0.2, 0.25) is 0 Å². The molecule has 188 valence electrons. The summed E-state index contributed by atoms with van der Waals surface area (Å²) in [6.07, 6.45) is 4.93. The molecule has 3 heterocycles. The monoisotopic (exact) mass is 515 g/mol. The number of carbonyl (C=O) groups is 2. The number of ketones is 1. The van der Waals surface area contributed by atoms with Crippen LogP contribution in [0.3, 0.4) is 0 Å². The van der Waals surface area contributed by atoms with E-state index in [0.717, 1.165) is 17.5 Å². The van der Waals surface area contributed by atoms with Gasteiger partial charge >= 0.3 is 5.91 Å². The summed E-state index contributed by atoms with van der Waals surface area (Å²) in [5.74, 6) is -0.531. The number of fused-ring (bicyclic) bond motifs is 1. The molecule has 1 N–H and O–H groups in total. The van der Waals surface area contributed by atoms with E-state index in [4.69, 9.17) is 9.47 Å². The molecule has 37 heavy (non-hydrogen) atoms. The third-order valence-electron chi connectivity index (χ3n) is 6.13. The maximum atomic E-state index is 13.5. The molecular weight excluding hydrogens is 490 g/mol. The van der Waals surface area contributed by atoms with Gasteiger partial charge in [-0.1, -0.05) is 36.8 Å². The highest BCUT2D eigenvalue weighted by Gasteiger charge is 2.48. The van der Waals surface area contributed by atoms with E-state index in [0.29, 0.717) is 39.9 Å². The van der Waals surface area contributed by atoms with Gasteiger partial charge in [0.15, 0.2) is 5.13 Å². The van der Waals surface area contributed by atoms with Gasteiger partial charge < -0.3 is 14.6 Å². The smallest absolute Gasteiger partial charge is 0.301 e. The summed E-state index contributed by atoms with van der Waals surface area (Å²) in [6.45, 7) is 2.64. The van der Waals surface area contributed by atoms with Gasteiger partial charge in [0, 0.05) is 18.0 Å². The van der Waals surface area contributed by atoms with E-state index < -0.39 is 17.7 Å². The molecule has 0 radical (unpaired) electrons. The summed E-state index contributed by atoms with van der Waals surface area (Å²) < 4.78 is 12.0. The van der Waals surface area contributed by atoms with E-state index in [-0.39, 0.29) is 11.3 Å². The second-order valence-corrected chi connectivity index (χ2v) is 9.52. The number of benzene rings is 2. The number of amides is 1. The number of pyridine rings is 1. The highest BCUT2D eigenvalue weighted by atomic mass is 32.1. The Kier molecular flexibility index (Phi) is 6.87. The minimum absolute atomic E-state index is 0.0151. The molecule has 1 unspecified atom stereocenters. The molecule has 0 bridgehead atoms. The molecule has 1 aliphatic rings. The third-order valence-corrected chi connectivity index (χ3v) is 7.15. The second kappa shape index (κ2) is 10.4. The number of nitrogens with zero attached hydrogens (tertiary/aromatic N) is 3. The highest BCUT2D eigenvalue weighted by molar-refractivity contribution is 7.22. The zero-order valence-corrected chi connectivity index (χ0v) is 21.2. The number of ether oxygens (including phenoxy) is 2. The standard InChI is InChI=1S/C28H25N3O5S/c1-3-4-14-36-20-7-5-6-18(15-20)24-23(25(32)17-10-12-29-13-11-17)26(33)27(34)31(24)28-30-21-9-8-19(35-2)16-22(21)37-28/h5-13,15-16,24,32H,3-4,14H2,1-2H3/b25-23+. The lowest BCUT2D eigenvalue weighted by Gasteiger charge is -2.23. The Hall–Kier alpha value is -4.24. The second-order valence-electron chi connectivity index (χ2n) is 8.51. The van der Waals surface area contributed by atoms with Crippen LogP contribution in [0.25, 0.3) is 16.0 Å². The first-order chi connectivity index (χ1) is 18.0. The summed E-state index contributed by atoms with van der Waals surface area (Å²) in [5.41, 5.74) is 1.68. The number of hydrogen-bond donors (Lipinski definition) is 1. The Morgan fingerprint density at radius 3 is 2.65 bits per heavy atom. The van der Waals surface area contributed by atoms with Gasteiger partial charge in [-0.05, 0) is 54.4 Å². The Morgan fingerprint density at radius 2 is 1.89 bits per heavy atom. The number of rotatable bonds is 8. The largest absolute Gasteiger partial charge is 0.507 e. The van der Waals surface area contributed by atoms with Crippen LogP contribution in [0.2, 0.25) is 0 Å². The van der Waals surface area contributed by atoms with Crippen molar-refractivity contribution in [2.45, 2.75) is 25.8 Å². The van der Waals surface area contributed by atoms with Crippen LogP contribution in [0, 0.1) is 0 Å². The van der Waals surface area contributed by atoms with Crippen molar-refractivity contribution in [3.05, 3.63) is 83.7 Å². The average molecular weight is 516 g/mol. The number of anilines is 1. The number of hydrogen-bond acceptors (Lipinski definition) is 8. The molecule has 4 aromatic rings. The maximum Gasteiger partial charge on any atom is 0.301 e. The predicted molar refractivity (Wildman–Crippen MR) is 142 cm³/mol. The van der Waals surface area contributed by atoms with Crippen LogP contribution in [0.5, 0.6) is 11.5 Å². The van der Waals surface area contributed by atoms with Crippen LogP contribution in [0.15, 0.2) is 72.6 Å². The van der Waals surface area contributed by atoms with E-state index in [1.54, 1.807) is 37.4 Å². The van der Waals surface area contributed by atoms with Gasteiger partial charge in [-0.2, -0.15) is 0 Å². The molecule has 2 aromatic heterocycles. The number of unbranched alkanes of at least 4 members (excludes halogenated alkanes) is 1. The van der Waals surface area contributed by atoms with Crippen LogP contribution in [-0.2, 0) is 9.59 Å². The Bertz CT molecular complexity index is 1500. The van der Waals surface area contributed by atoms with E-state index in [9.17, 15) is 14.7 Å². The maximum absolute atomic E-state index is 13.5. The van der Waals surface area contributed by atoms with Gasteiger partial charge in [0.1, 0.15) is 17.3 Å². The first kappa shape index (κ1) is 24.5. The zero-order valence-electron chi connectivity index (χ0n) is 20.4. The fourth-order valence-electron chi connectivity index (χ4n) is 4.24. The molecule has 5 rings (SSSR count). The quantitative estimate of drug-likeness (QED) is 0.143. The molecule has 1 saturated heterocycles. The fourth-order valence-corrected chi connectivity index (χ4v) is 5.26. The number of Topliss-reactive ketones (excluding diaryl/α,β-unsaturated/α-hetero) is 1. The summed E-state index contributed by atoms with van der Waals surface area (Å²) in [4.78, 5) is 36.9. The van der Waals surface area contributed by atoms with Crippen LogP contribution in [0.4, 0.5) is 5.13 Å². The lowest BCUT2D eigenvalue weighted by Crippen LogP contribution is -2.29. The number of thiazole rings is 1. The number of aliphatic hydroxyl groups excluding tert-OH is 1. The molecule has 0 aliphatic carbocycles. The van der Waals surface area contributed by atoms with E-state index in [2.05, 4.69) is 16.9 Å². The van der Waals surface area contributed by atoms with Crippen molar-refractivity contribution in [1.29, 1.82) is 0 Å². The van der Waals surface area contributed by atoms with Crippen LogP contribution in [0.1, 0.15) is 36.9 Å². The Morgan fingerprint density at radius 1 is 1.08 bits per heavy atom. The van der Waals surface area contributed by atoms with Crippen molar-refractivity contribution in [2.24, 2.45) is 0 Å².